The van der Waals surface area contributed by atoms with Gasteiger partial charge in [0.1, 0.15) is 5.16 Å². The average molecular weight is 333 g/mol. The van der Waals surface area contributed by atoms with Gasteiger partial charge in [-0.15, -0.1) is 0 Å². The first-order valence-electron chi connectivity index (χ1n) is 6.31. The number of aliphatic imine (C=N–C) groups is 1. The first-order valence-corrected chi connectivity index (χ1v) is 7.46. The minimum atomic E-state index is -0.277. The lowest BCUT2D eigenvalue weighted by Crippen LogP contribution is -2.12. The molecule has 1 amide bonds. The van der Waals surface area contributed by atoms with Crippen LogP contribution in [0.15, 0.2) is 58.2 Å². The molecule has 1 aromatic carbocycles. The van der Waals surface area contributed by atoms with E-state index in [0.29, 0.717) is 16.5 Å². The Kier molecular flexibility index (Phi) is 5.57. The van der Waals surface area contributed by atoms with Crippen LogP contribution in [-0.4, -0.2) is 22.0 Å². The van der Waals surface area contributed by atoms with E-state index in [1.165, 1.54) is 6.08 Å². The van der Waals surface area contributed by atoms with Gasteiger partial charge in [-0.25, -0.2) is 0 Å². The Morgan fingerprint density at radius 2 is 2.09 bits per heavy atom. The second-order valence-corrected chi connectivity index (χ2v) is 5.38. The highest BCUT2D eigenvalue weighted by Crippen LogP contribution is 2.21. The summed E-state index contributed by atoms with van der Waals surface area (Å²) in [5.41, 5.74) is 1.37. The molecule has 0 saturated carbocycles. The van der Waals surface area contributed by atoms with E-state index in [0.717, 1.165) is 17.1 Å². The normalized spacial score (nSPS) is 12.1. The lowest BCUT2D eigenvalue weighted by atomic mass is 10.2. The molecular weight excluding hydrogens is 320 g/mol. The van der Waals surface area contributed by atoms with E-state index in [1.54, 1.807) is 13.0 Å². The van der Waals surface area contributed by atoms with Crippen molar-refractivity contribution >= 4 is 40.9 Å². The monoisotopic (exact) mass is 332 g/mol. The summed E-state index contributed by atoms with van der Waals surface area (Å²) in [6.07, 6.45) is 3.06. The van der Waals surface area contributed by atoms with E-state index in [9.17, 15) is 4.79 Å². The molecule has 22 heavy (non-hydrogen) atoms. The fourth-order valence-electron chi connectivity index (χ4n) is 1.50. The smallest absolute Gasteiger partial charge is 0.253 e. The maximum absolute atomic E-state index is 12.0. The number of nitrogens with zero attached hydrogens (tertiary/aromatic N) is 3. The van der Waals surface area contributed by atoms with Crippen LogP contribution < -0.4 is 5.32 Å². The molecular formula is C15H13ClN4OS. The summed E-state index contributed by atoms with van der Waals surface area (Å²) in [5, 5.41) is 3.35. The molecule has 7 heteroatoms. The lowest BCUT2D eigenvalue weighted by molar-refractivity contribution is -0.112. The van der Waals surface area contributed by atoms with Crippen molar-refractivity contribution in [3.63, 3.8) is 0 Å². The molecule has 0 aliphatic carbocycles. The van der Waals surface area contributed by atoms with Gasteiger partial charge in [0.05, 0.1) is 0 Å². The molecule has 1 heterocycles. The first kappa shape index (κ1) is 16.1. The van der Waals surface area contributed by atoms with E-state index < -0.39 is 0 Å². The third-order valence-corrected chi connectivity index (χ3v) is 3.53. The number of amides is 1. The van der Waals surface area contributed by atoms with Crippen molar-refractivity contribution in [2.24, 2.45) is 4.99 Å². The van der Waals surface area contributed by atoms with Crippen LogP contribution in [0, 0.1) is 0 Å². The molecule has 0 unspecified atom stereocenters. The molecule has 1 N–H and O–H groups in total. The van der Waals surface area contributed by atoms with Crippen LogP contribution in [0.5, 0.6) is 0 Å². The standard InChI is InChI=1S/C15H13ClN4OS/c1-10(8-9-12(16)17-2)14(21)19-15-18-13(20-22-15)11-6-4-3-5-7-11/h3-9H,2H2,1H3,(H,18,19,20,21)/b10-8+,12-9-. The Bertz CT molecular complexity index is 737. The Labute approximate surface area is 137 Å². The molecule has 2 aromatic rings. The minimum Gasteiger partial charge on any atom is -0.297 e. The number of anilines is 1. The highest BCUT2D eigenvalue weighted by molar-refractivity contribution is 7.10. The maximum Gasteiger partial charge on any atom is 0.253 e. The van der Waals surface area contributed by atoms with Gasteiger partial charge in [-0.05, 0) is 19.7 Å². The molecule has 1 aromatic heterocycles. The van der Waals surface area contributed by atoms with Gasteiger partial charge < -0.3 is 0 Å². The SMILES string of the molecule is C=N/C(Cl)=C\C=C(/C)C(=O)Nc1nc(-c2ccccc2)ns1. The van der Waals surface area contributed by atoms with Crippen molar-refractivity contribution in [1.29, 1.82) is 0 Å². The number of allylic oxidation sites excluding steroid dienone is 2. The molecule has 0 aliphatic rings. The van der Waals surface area contributed by atoms with Gasteiger partial charge >= 0.3 is 0 Å². The number of carbonyl (C=O) groups is 1. The van der Waals surface area contributed by atoms with E-state index >= 15 is 0 Å². The van der Waals surface area contributed by atoms with Gasteiger partial charge in [-0.3, -0.25) is 15.1 Å². The van der Waals surface area contributed by atoms with Crippen LogP contribution in [0.1, 0.15) is 6.92 Å². The minimum absolute atomic E-state index is 0.217. The van der Waals surface area contributed by atoms with Crippen LogP contribution in [-0.2, 0) is 4.79 Å². The zero-order chi connectivity index (χ0) is 15.9. The third-order valence-electron chi connectivity index (χ3n) is 2.66. The predicted molar refractivity (Wildman–Crippen MR) is 91.2 cm³/mol. The number of rotatable bonds is 5. The van der Waals surface area contributed by atoms with Gasteiger partial charge in [0, 0.05) is 22.7 Å². The van der Waals surface area contributed by atoms with E-state index in [-0.39, 0.29) is 11.1 Å². The van der Waals surface area contributed by atoms with E-state index in [2.05, 4.69) is 26.4 Å². The fraction of sp³-hybridized carbons (Fsp3) is 0.0667. The second-order valence-electron chi connectivity index (χ2n) is 4.24. The van der Waals surface area contributed by atoms with Crippen LogP contribution in [0.2, 0.25) is 0 Å². The van der Waals surface area contributed by atoms with Gasteiger partial charge in [0.25, 0.3) is 5.91 Å². The van der Waals surface area contributed by atoms with Crippen LogP contribution in [0.25, 0.3) is 11.4 Å². The summed E-state index contributed by atoms with van der Waals surface area (Å²) < 4.78 is 4.23. The summed E-state index contributed by atoms with van der Waals surface area (Å²) >= 11 is 6.81. The lowest BCUT2D eigenvalue weighted by Gasteiger charge is -1.99. The number of hydrogen-bond donors (Lipinski definition) is 1. The molecule has 0 radical (unpaired) electrons. The van der Waals surface area contributed by atoms with E-state index in [1.807, 2.05) is 30.3 Å². The van der Waals surface area contributed by atoms with Crippen LogP contribution in [0.3, 0.4) is 0 Å². The van der Waals surface area contributed by atoms with Gasteiger partial charge in [0.2, 0.25) is 5.13 Å². The molecule has 0 saturated heterocycles. The van der Waals surface area contributed by atoms with E-state index in [4.69, 9.17) is 11.6 Å². The Morgan fingerprint density at radius 1 is 1.36 bits per heavy atom. The largest absolute Gasteiger partial charge is 0.297 e. The van der Waals surface area contributed by atoms with Gasteiger partial charge in [0.15, 0.2) is 5.82 Å². The Balaban J connectivity index is 2.07. The third kappa shape index (κ3) is 4.34. The van der Waals surface area contributed by atoms with Gasteiger partial charge in [-0.1, -0.05) is 48.0 Å². The van der Waals surface area contributed by atoms with Crippen molar-refractivity contribution in [3.8, 4) is 11.4 Å². The summed E-state index contributed by atoms with van der Waals surface area (Å²) in [5.74, 6) is 0.307. The highest BCUT2D eigenvalue weighted by atomic mass is 35.5. The molecule has 0 aliphatic heterocycles. The summed E-state index contributed by atoms with van der Waals surface area (Å²) in [6, 6.07) is 9.56. The van der Waals surface area contributed by atoms with Crippen molar-refractivity contribution < 1.29 is 4.79 Å². The molecule has 0 atom stereocenters. The van der Waals surface area contributed by atoms with Crippen molar-refractivity contribution in [1.82, 2.24) is 9.36 Å². The number of aromatic nitrogens is 2. The molecule has 0 fully saturated rings. The van der Waals surface area contributed by atoms with Crippen molar-refractivity contribution in [2.75, 3.05) is 5.32 Å². The zero-order valence-corrected chi connectivity index (χ0v) is 13.4. The van der Waals surface area contributed by atoms with Crippen LogP contribution >= 0.6 is 23.1 Å². The quantitative estimate of drug-likeness (QED) is 0.391. The van der Waals surface area contributed by atoms with Crippen molar-refractivity contribution in [2.45, 2.75) is 6.92 Å². The molecule has 5 nitrogen and oxygen atoms in total. The average Bonchev–Trinajstić information content (AvgIpc) is 3.01. The summed E-state index contributed by atoms with van der Waals surface area (Å²) in [4.78, 5) is 19.8. The van der Waals surface area contributed by atoms with Crippen LogP contribution in [0.4, 0.5) is 5.13 Å². The molecule has 112 valence electrons. The molecule has 0 bridgehead atoms. The number of carbonyl (C=O) groups excluding carboxylic acids is 1. The van der Waals surface area contributed by atoms with Crippen molar-refractivity contribution in [3.05, 3.63) is 53.2 Å². The Morgan fingerprint density at radius 3 is 2.77 bits per heavy atom. The fourth-order valence-corrected chi connectivity index (χ4v) is 2.14. The zero-order valence-electron chi connectivity index (χ0n) is 11.8. The topological polar surface area (TPSA) is 67.2 Å². The number of hydrogen-bond acceptors (Lipinski definition) is 5. The first-order chi connectivity index (χ1) is 10.6. The summed E-state index contributed by atoms with van der Waals surface area (Å²) in [7, 11) is 0. The highest BCUT2D eigenvalue weighted by Gasteiger charge is 2.10. The Hall–Kier alpha value is -2.31. The molecule has 0 spiro atoms. The molecule has 2 rings (SSSR count). The predicted octanol–water partition coefficient (Wildman–Crippen LogP) is 3.87. The number of halogens is 1. The maximum atomic E-state index is 12.0. The number of nitrogens with one attached hydrogen (secondary N) is 1. The summed E-state index contributed by atoms with van der Waals surface area (Å²) in [6.45, 7) is 4.95. The second kappa shape index (κ2) is 7.63. The van der Waals surface area contributed by atoms with Gasteiger partial charge in [-0.2, -0.15) is 9.36 Å². The number of benzene rings is 1.